The minimum absolute atomic E-state index is 0.116. The summed E-state index contributed by atoms with van der Waals surface area (Å²) < 4.78 is 47.5. The third-order valence-electron chi connectivity index (χ3n) is 4.82. The fourth-order valence-corrected chi connectivity index (χ4v) is 4.60. The van der Waals surface area contributed by atoms with Gasteiger partial charge in [-0.15, -0.1) is 24.9 Å². The number of carbonyl (C=O) groups excluding carboxylic acids is 1. The first kappa shape index (κ1) is 25.6. The maximum atomic E-state index is 12.8. The number of ether oxygens (including phenoxy) is 2. The second-order valence-electron chi connectivity index (χ2n) is 8.83. The van der Waals surface area contributed by atoms with Gasteiger partial charge >= 0.3 is 12.5 Å². The van der Waals surface area contributed by atoms with Gasteiger partial charge in [-0.3, -0.25) is 0 Å². The maximum Gasteiger partial charge on any atom is 0.573 e. The van der Waals surface area contributed by atoms with E-state index in [2.05, 4.69) is 10.1 Å². The van der Waals surface area contributed by atoms with Crippen LogP contribution in [0.15, 0.2) is 23.1 Å². The standard InChI is InChI=1S/C22H32F3NO4S/c1-21(2,3)30-20(28)26-10-9-19(27)16-11-17(29-22(23,24)25)13-18(12-16)31-14-15-7-5-4-6-8-15/h11-13,15,19,27H,4-10,14H2,1-3H3,(H,26,28). The van der Waals surface area contributed by atoms with Crippen LogP contribution >= 0.6 is 11.8 Å². The summed E-state index contributed by atoms with van der Waals surface area (Å²) in [6.45, 7) is 5.32. The molecule has 0 aliphatic heterocycles. The summed E-state index contributed by atoms with van der Waals surface area (Å²) in [6, 6.07) is 4.24. The molecule has 1 unspecified atom stereocenters. The molecule has 1 aromatic carbocycles. The highest BCUT2D eigenvalue weighted by Gasteiger charge is 2.31. The number of amides is 1. The van der Waals surface area contributed by atoms with Crippen LogP contribution in [0.4, 0.5) is 18.0 Å². The van der Waals surface area contributed by atoms with Gasteiger partial charge in [0.2, 0.25) is 0 Å². The first-order valence-corrected chi connectivity index (χ1v) is 11.6. The van der Waals surface area contributed by atoms with Crippen LogP contribution in [0.25, 0.3) is 0 Å². The quantitative estimate of drug-likeness (QED) is 0.449. The van der Waals surface area contributed by atoms with Crippen molar-refractivity contribution in [3.8, 4) is 5.75 Å². The van der Waals surface area contributed by atoms with Crippen LogP contribution in [0.5, 0.6) is 5.75 Å². The number of hydrogen-bond donors (Lipinski definition) is 2. The Hall–Kier alpha value is -1.61. The molecule has 1 aromatic rings. The number of aliphatic hydroxyl groups excluding tert-OH is 1. The van der Waals surface area contributed by atoms with Crippen LogP contribution in [-0.2, 0) is 4.74 Å². The molecule has 2 N–H and O–H groups in total. The summed E-state index contributed by atoms with van der Waals surface area (Å²) in [5, 5.41) is 13.0. The summed E-state index contributed by atoms with van der Waals surface area (Å²) in [5.74, 6) is 1.03. The van der Waals surface area contributed by atoms with E-state index >= 15 is 0 Å². The van der Waals surface area contributed by atoms with E-state index in [0.29, 0.717) is 16.4 Å². The Bertz CT molecular complexity index is 716. The van der Waals surface area contributed by atoms with Crippen molar-refractivity contribution in [1.82, 2.24) is 5.32 Å². The van der Waals surface area contributed by atoms with E-state index < -0.39 is 24.2 Å². The number of halogens is 3. The van der Waals surface area contributed by atoms with Crippen molar-refractivity contribution in [3.63, 3.8) is 0 Å². The van der Waals surface area contributed by atoms with Gasteiger partial charge in [-0.25, -0.2) is 4.79 Å². The number of hydrogen-bond acceptors (Lipinski definition) is 5. The number of rotatable bonds is 8. The zero-order valence-electron chi connectivity index (χ0n) is 18.3. The lowest BCUT2D eigenvalue weighted by Gasteiger charge is -2.22. The fraction of sp³-hybridized carbons (Fsp3) is 0.682. The lowest BCUT2D eigenvalue weighted by molar-refractivity contribution is -0.274. The number of alkyl halides is 3. The lowest BCUT2D eigenvalue weighted by Crippen LogP contribution is -2.33. The van der Waals surface area contributed by atoms with Crippen LogP contribution in [-0.4, -0.2) is 35.5 Å². The maximum absolute atomic E-state index is 12.8. The number of alkyl carbamates (subject to hydrolysis) is 1. The summed E-state index contributed by atoms with van der Waals surface area (Å²) in [4.78, 5) is 12.3. The molecule has 176 valence electrons. The predicted molar refractivity (Wildman–Crippen MR) is 114 cm³/mol. The minimum atomic E-state index is -4.81. The average molecular weight is 464 g/mol. The van der Waals surface area contributed by atoms with Crippen molar-refractivity contribution < 1.29 is 32.5 Å². The van der Waals surface area contributed by atoms with Gasteiger partial charge in [0, 0.05) is 17.2 Å². The van der Waals surface area contributed by atoms with E-state index in [1.165, 1.54) is 43.2 Å². The molecular formula is C22H32F3NO4S. The van der Waals surface area contributed by atoms with Crippen molar-refractivity contribution >= 4 is 17.9 Å². The van der Waals surface area contributed by atoms with Crippen molar-refractivity contribution in [2.75, 3.05) is 12.3 Å². The van der Waals surface area contributed by atoms with Gasteiger partial charge in [0.05, 0.1) is 6.10 Å². The van der Waals surface area contributed by atoms with Crippen LogP contribution in [0.2, 0.25) is 0 Å². The number of benzene rings is 1. The minimum Gasteiger partial charge on any atom is -0.444 e. The normalized spacial score (nSPS) is 16.6. The van der Waals surface area contributed by atoms with Gasteiger partial charge in [0.1, 0.15) is 11.4 Å². The number of nitrogens with one attached hydrogen (secondary N) is 1. The second-order valence-corrected chi connectivity index (χ2v) is 9.93. The molecule has 1 fully saturated rings. The van der Waals surface area contributed by atoms with Gasteiger partial charge in [-0.1, -0.05) is 19.3 Å². The highest BCUT2D eigenvalue weighted by atomic mass is 32.2. The van der Waals surface area contributed by atoms with Gasteiger partial charge in [-0.2, -0.15) is 0 Å². The Balaban J connectivity index is 2.01. The van der Waals surface area contributed by atoms with Crippen LogP contribution in [0, 0.1) is 5.92 Å². The molecule has 0 heterocycles. The highest BCUT2D eigenvalue weighted by molar-refractivity contribution is 7.99. The van der Waals surface area contributed by atoms with Gasteiger partial charge in [0.25, 0.3) is 0 Å². The van der Waals surface area contributed by atoms with E-state index in [4.69, 9.17) is 4.74 Å². The van der Waals surface area contributed by atoms with Gasteiger partial charge < -0.3 is 19.9 Å². The van der Waals surface area contributed by atoms with Crippen molar-refractivity contribution in [2.24, 2.45) is 5.92 Å². The zero-order chi connectivity index (χ0) is 23.1. The van der Waals surface area contributed by atoms with E-state index in [1.807, 2.05) is 0 Å². The molecule has 1 aliphatic rings. The van der Waals surface area contributed by atoms with E-state index in [0.717, 1.165) is 18.6 Å². The summed E-state index contributed by atoms with van der Waals surface area (Å²) in [7, 11) is 0. The zero-order valence-corrected chi connectivity index (χ0v) is 19.1. The smallest absolute Gasteiger partial charge is 0.444 e. The number of carbonyl (C=O) groups is 1. The molecule has 31 heavy (non-hydrogen) atoms. The number of thioether (sulfide) groups is 1. The predicted octanol–water partition coefficient (Wildman–Crippen LogP) is 6.21. The summed E-state index contributed by atoms with van der Waals surface area (Å²) >= 11 is 1.49. The van der Waals surface area contributed by atoms with Gasteiger partial charge in [-0.05, 0) is 69.7 Å². The topological polar surface area (TPSA) is 67.8 Å². The molecule has 1 aliphatic carbocycles. The lowest BCUT2D eigenvalue weighted by atomic mass is 9.91. The van der Waals surface area contributed by atoms with Crippen molar-refractivity contribution in [3.05, 3.63) is 23.8 Å². The van der Waals surface area contributed by atoms with E-state index in [9.17, 15) is 23.1 Å². The van der Waals surface area contributed by atoms with Crippen LogP contribution in [0.3, 0.4) is 0 Å². The molecular weight excluding hydrogens is 431 g/mol. The molecule has 0 spiro atoms. The first-order chi connectivity index (χ1) is 14.4. The Morgan fingerprint density at radius 1 is 1.19 bits per heavy atom. The molecule has 5 nitrogen and oxygen atoms in total. The molecule has 9 heteroatoms. The van der Waals surface area contributed by atoms with Gasteiger partial charge in [0.15, 0.2) is 0 Å². The molecule has 0 radical (unpaired) electrons. The Morgan fingerprint density at radius 2 is 1.87 bits per heavy atom. The average Bonchev–Trinajstić information content (AvgIpc) is 2.64. The van der Waals surface area contributed by atoms with E-state index in [-0.39, 0.29) is 18.7 Å². The molecule has 1 amide bonds. The van der Waals surface area contributed by atoms with Crippen LogP contribution < -0.4 is 10.1 Å². The molecule has 1 atom stereocenters. The molecule has 2 rings (SSSR count). The fourth-order valence-electron chi connectivity index (χ4n) is 3.42. The molecule has 1 saturated carbocycles. The SMILES string of the molecule is CC(C)(C)OC(=O)NCCC(O)c1cc(OC(F)(F)F)cc(SCC2CCCCC2)c1. The largest absolute Gasteiger partial charge is 0.573 e. The molecule has 0 saturated heterocycles. The Morgan fingerprint density at radius 3 is 2.48 bits per heavy atom. The Labute approximate surface area is 186 Å². The number of aliphatic hydroxyl groups is 1. The van der Waals surface area contributed by atoms with Crippen molar-refractivity contribution in [2.45, 2.75) is 82.3 Å². The second kappa shape index (κ2) is 11.3. The summed E-state index contributed by atoms with van der Waals surface area (Å²) in [5.41, 5.74) is -0.324. The Kier molecular flexibility index (Phi) is 9.36. The van der Waals surface area contributed by atoms with Crippen LogP contribution in [0.1, 0.15) is 71.0 Å². The monoisotopic (exact) mass is 463 g/mol. The third-order valence-corrected chi connectivity index (χ3v) is 6.02. The first-order valence-electron chi connectivity index (χ1n) is 10.6. The van der Waals surface area contributed by atoms with E-state index in [1.54, 1.807) is 26.8 Å². The highest BCUT2D eigenvalue weighted by Crippen LogP contribution is 2.35. The molecule has 0 aromatic heterocycles. The van der Waals surface area contributed by atoms with Crippen molar-refractivity contribution in [1.29, 1.82) is 0 Å². The summed E-state index contributed by atoms with van der Waals surface area (Å²) in [6.07, 6.45) is -0.458. The molecule has 0 bridgehead atoms. The third kappa shape index (κ3) is 10.5.